The molecule has 0 saturated carbocycles. The van der Waals surface area contributed by atoms with Gasteiger partial charge in [-0.3, -0.25) is 9.48 Å². The maximum atomic E-state index is 12.1. The molecule has 30 heavy (non-hydrogen) atoms. The van der Waals surface area contributed by atoms with E-state index in [1.807, 2.05) is 36.4 Å². The molecule has 0 radical (unpaired) electrons. The Hall–Kier alpha value is -3.84. The molecule has 0 spiro atoms. The minimum Gasteiger partial charge on any atom is -0.349 e. The molecule has 5 rings (SSSR count). The molecule has 1 aliphatic rings. The van der Waals surface area contributed by atoms with Crippen molar-refractivity contribution in [3.05, 3.63) is 78.1 Å². The molecule has 2 aromatic heterocycles. The summed E-state index contributed by atoms with van der Waals surface area (Å²) < 4.78 is 1.73. The Morgan fingerprint density at radius 2 is 1.80 bits per heavy atom. The van der Waals surface area contributed by atoms with Crippen molar-refractivity contribution in [3.63, 3.8) is 0 Å². The minimum absolute atomic E-state index is 0.111. The number of nitrogens with two attached hydrogens (primary N) is 1. The molecule has 0 atom stereocenters. The number of rotatable bonds is 4. The highest BCUT2D eigenvalue weighted by Gasteiger charge is 2.20. The maximum absolute atomic E-state index is 12.1. The van der Waals surface area contributed by atoms with Crippen LogP contribution in [0.25, 0.3) is 33.9 Å². The minimum atomic E-state index is -0.111. The van der Waals surface area contributed by atoms with Crippen molar-refractivity contribution in [3.8, 4) is 33.9 Å². The van der Waals surface area contributed by atoms with Gasteiger partial charge in [-0.15, -0.1) is 0 Å². The van der Waals surface area contributed by atoms with Gasteiger partial charge >= 0.3 is 0 Å². The summed E-state index contributed by atoms with van der Waals surface area (Å²) in [6.45, 7) is 1.75. The zero-order valence-electron chi connectivity index (χ0n) is 16.2. The summed E-state index contributed by atoms with van der Waals surface area (Å²) in [5.41, 5.74) is 11.8. The average molecular weight is 396 g/mol. The van der Waals surface area contributed by atoms with Crippen LogP contribution in [0.3, 0.4) is 0 Å². The molecule has 148 valence electrons. The lowest BCUT2D eigenvalue weighted by Gasteiger charge is -2.13. The summed E-state index contributed by atoms with van der Waals surface area (Å²) in [7, 11) is 0. The summed E-state index contributed by atoms with van der Waals surface area (Å²) in [5, 5.41) is 7.39. The summed E-state index contributed by atoms with van der Waals surface area (Å²) in [6.07, 6.45) is 1.73. The van der Waals surface area contributed by atoms with Gasteiger partial charge in [0.15, 0.2) is 5.82 Å². The third kappa shape index (κ3) is 3.25. The number of nitrogens with one attached hydrogen (secondary N) is 1. The first-order valence-corrected chi connectivity index (χ1v) is 9.81. The monoisotopic (exact) mass is 396 g/mol. The highest BCUT2D eigenvalue weighted by Crippen LogP contribution is 2.31. The van der Waals surface area contributed by atoms with Crippen molar-refractivity contribution >= 4 is 5.91 Å². The fraction of sp³-hybridized carbons (Fsp3) is 0.130. The van der Waals surface area contributed by atoms with E-state index in [4.69, 9.17) is 10.7 Å². The van der Waals surface area contributed by atoms with E-state index < -0.39 is 0 Å². The van der Waals surface area contributed by atoms with E-state index in [-0.39, 0.29) is 5.91 Å². The van der Waals surface area contributed by atoms with Gasteiger partial charge in [-0.05, 0) is 28.8 Å². The van der Waals surface area contributed by atoms with E-state index in [0.717, 1.165) is 22.3 Å². The second-order valence-corrected chi connectivity index (χ2v) is 7.11. The van der Waals surface area contributed by atoms with Gasteiger partial charge in [-0.1, -0.05) is 48.5 Å². The molecule has 0 unspecified atom stereocenters. The zero-order chi connectivity index (χ0) is 20.5. The summed E-state index contributed by atoms with van der Waals surface area (Å²) >= 11 is 0. The van der Waals surface area contributed by atoms with Gasteiger partial charge in [0.2, 0.25) is 0 Å². The molecular formula is C23H20N6O. The first kappa shape index (κ1) is 18.2. The van der Waals surface area contributed by atoms with Crippen LogP contribution in [0.1, 0.15) is 16.1 Å². The Morgan fingerprint density at radius 3 is 2.57 bits per heavy atom. The van der Waals surface area contributed by atoms with Gasteiger partial charge in [0.25, 0.3) is 5.91 Å². The summed E-state index contributed by atoms with van der Waals surface area (Å²) in [6, 6.07) is 19.8. The third-order valence-electron chi connectivity index (χ3n) is 5.21. The molecule has 0 saturated heterocycles. The van der Waals surface area contributed by atoms with E-state index in [1.165, 1.54) is 0 Å². The Bertz CT molecular complexity index is 1230. The predicted molar refractivity (Wildman–Crippen MR) is 114 cm³/mol. The van der Waals surface area contributed by atoms with Crippen LogP contribution in [0.4, 0.5) is 0 Å². The maximum Gasteiger partial charge on any atom is 0.269 e. The normalized spacial score (nSPS) is 13.0. The number of carbonyl (C=O) groups excluding carboxylic acids is 1. The fourth-order valence-electron chi connectivity index (χ4n) is 3.64. The third-order valence-corrected chi connectivity index (χ3v) is 5.21. The molecule has 0 aliphatic carbocycles. The van der Waals surface area contributed by atoms with Crippen LogP contribution in [0.15, 0.2) is 66.9 Å². The Labute approximate surface area is 173 Å². The van der Waals surface area contributed by atoms with Crippen molar-refractivity contribution in [1.29, 1.82) is 0 Å². The molecule has 1 aliphatic heterocycles. The number of amides is 1. The van der Waals surface area contributed by atoms with Gasteiger partial charge in [0.05, 0.1) is 12.2 Å². The highest BCUT2D eigenvalue weighted by molar-refractivity contribution is 5.94. The zero-order valence-corrected chi connectivity index (χ0v) is 16.2. The molecule has 2 aromatic carbocycles. The Morgan fingerprint density at radius 1 is 1.00 bits per heavy atom. The predicted octanol–water partition coefficient (Wildman–Crippen LogP) is 2.88. The van der Waals surface area contributed by atoms with E-state index in [0.29, 0.717) is 42.5 Å². The molecule has 7 heteroatoms. The largest absolute Gasteiger partial charge is 0.349 e. The SMILES string of the molecule is NCc1ccc(-c2ccccc2-c2nccc(-c3cc4n(n3)CCNC4=O)n2)cc1. The van der Waals surface area contributed by atoms with Crippen LogP contribution in [0.2, 0.25) is 0 Å². The molecule has 4 aromatic rings. The number of nitrogens with zero attached hydrogens (tertiary/aromatic N) is 4. The Kier molecular flexibility index (Phi) is 4.57. The molecule has 3 N–H and O–H groups in total. The Balaban J connectivity index is 1.56. The molecular weight excluding hydrogens is 376 g/mol. The second-order valence-electron chi connectivity index (χ2n) is 7.11. The molecule has 7 nitrogen and oxygen atoms in total. The first-order chi connectivity index (χ1) is 14.7. The number of fused-ring (bicyclic) bond motifs is 1. The van der Waals surface area contributed by atoms with E-state index in [9.17, 15) is 4.79 Å². The lowest BCUT2D eigenvalue weighted by atomic mass is 9.98. The molecule has 0 fully saturated rings. The van der Waals surface area contributed by atoms with Gasteiger partial charge in [-0.2, -0.15) is 5.10 Å². The van der Waals surface area contributed by atoms with Crippen LogP contribution in [0.5, 0.6) is 0 Å². The lowest BCUT2D eigenvalue weighted by Crippen LogP contribution is -2.35. The van der Waals surface area contributed by atoms with E-state index >= 15 is 0 Å². The molecule has 0 bridgehead atoms. The van der Waals surface area contributed by atoms with Crippen molar-refractivity contribution < 1.29 is 4.79 Å². The summed E-state index contributed by atoms with van der Waals surface area (Å²) in [4.78, 5) is 21.3. The van der Waals surface area contributed by atoms with Crippen molar-refractivity contribution in [1.82, 2.24) is 25.1 Å². The standard InChI is InChI=1S/C23H20N6O/c24-14-15-5-7-16(8-6-15)17-3-1-2-4-18(17)22-25-10-9-19(27-22)20-13-21-23(30)26-11-12-29(21)28-20/h1-10,13H,11-12,14,24H2,(H,26,30). The average Bonchev–Trinajstić information content (AvgIpc) is 3.25. The van der Waals surface area contributed by atoms with Crippen LogP contribution in [-0.2, 0) is 13.1 Å². The number of hydrogen-bond donors (Lipinski definition) is 2. The van der Waals surface area contributed by atoms with Crippen LogP contribution in [0, 0.1) is 0 Å². The summed E-state index contributed by atoms with van der Waals surface area (Å²) in [5.74, 6) is 0.502. The van der Waals surface area contributed by atoms with Gasteiger partial charge in [0, 0.05) is 24.8 Å². The van der Waals surface area contributed by atoms with Gasteiger partial charge in [-0.25, -0.2) is 9.97 Å². The number of aromatic nitrogens is 4. The van der Waals surface area contributed by atoms with Crippen molar-refractivity contribution in [2.75, 3.05) is 6.54 Å². The first-order valence-electron chi connectivity index (χ1n) is 9.81. The second kappa shape index (κ2) is 7.53. The fourth-order valence-corrected chi connectivity index (χ4v) is 3.64. The molecule has 1 amide bonds. The van der Waals surface area contributed by atoms with Crippen LogP contribution < -0.4 is 11.1 Å². The highest BCUT2D eigenvalue weighted by atomic mass is 16.2. The quantitative estimate of drug-likeness (QED) is 0.553. The number of carbonyl (C=O) groups is 1. The van der Waals surface area contributed by atoms with Gasteiger partial charge in [0.1, 0.15) is 11.4 Å². The van der Waals surface area contributed by atoms with Crippen molar-refractivity contribution in [2.24, 2.45) is 5.73 Å². The number of benzene rings is 2. The molecule has 3 heterocycles. The smallest absolute Gasteiger partial charge is 0.269 e. The van der Waals surface area contributed by atoms with Crippen molar-refractivity contribution in [2.45, 2.75) is 13.1 Å². The van der Waals surface area contributed by atoms with E-state index in [1.54, 1.807) is 16.9 Å². The van der Waals surface area contributed by atoms with E-state index in [2.05, 4.69) is 33.6 Å². The van der Waals surface area contributed by atoms with Gasteiger partial charge < -0.3 is 11.1 Å². The van der Waals surface area contributed by atoms with Crippen LogP contribution in [-0.4, -0.2) is 32.2 Å². The lowest BCUT2D eigenvalue weighted by molar-refractivity contribution is 0.0924. The van der Waals surface area contributed by atoms with Crippen LogP contribution >= 0.6 is 0 Å². The number of hydrogen-bond acceptors (Lipinski definition) is 5. The topological polar surface area (TPSA) is 98.7 Å².